The van der Waals surface area contributed by atoms with E-state index in [1.165, 1.54) is 22.9 Å². The van der Waals surface area contributed by atoms with Gasteiger partial charge in [0.25, 0.3) is 17.7 Å². The number of nitrogens with zero attached hydrogens (tertiary/aromatic N) is 2. The third-order valence-electron chi connectivity index (χ3n) is 6.12. The van der Waals surface area contributed by atoms with Gasteiger partial charge in [0.15, 0.2) is 5.76 Å². The summed E-state index contributed by atoms with van der Waals surface area (Å²) in [6.45, 7) is 1.56. The van der Waals surface area contributed by atoms with Crippen molar-refractivity contribution in [2.75, 3.05) is 26.7 Å². The first-order chi connectivity index (χ1) is 17.8. The number of alkyl halides is 3. The fourth-order valence-electron chi connectivity index (χ4n) is 3.86. The minimum atomic E-state index is -4.59. The molecule has 2 aromatic carbocycles. The first-order valence-corrected chi connectivity index (χ1v) is 12.4. The first-order valence-electron chi connectivity index (χ1n) is 11.7. The monoisotopic (exact) mass is 571 g/mol. The maximum Gasteiger partial charge on any atom is 0.416 e. The molecule has 1 heterocycles. The van der Waals surface area contributed by atoms with Crippen LogP contribution >= 0.6 is 23.2 Å². The molecule has 0 saturated heterocycles. The molecular formula is C26H26Cl2F3N3O4. The lowest BCUT2D eigenvalue weighted by atomic mass is 10.1. The SMILES string of the molecule is CC(CCc1ccc(Cl)c(Cl)c1)NC(=O)C1=C(O)C(=O)N(CCN(C)C(=O)c2cccc(C(F)(F)F)c2)C1. The number of likely N-dealkylation sites (N-methyl/N-ethyl adjacent to an activating group) is 1. The second-order valence-electron chi connectivity index (χ2n) is 9.02. The van der Waals surface area contributed by atoms with Crippen molar-refractivity contribution in [3.8, 4) is 0 Å². The predicted molar refractivity (Wildman–Crippen MR) is 137 cm³/mol. The highest BCUT2D eigenvalue weighted by Crippen LogP contribution is 2.30. The molecule has 2 aromatic rings. The zero-order valence-corrected chi connectivity index (χ0v) is 22.1. The van der Waals surface area contributed by atoms with Crippen LogP contribution in [0.25, 0.3) is 0 Å². The largest absolute Gasteiger partial charge is 0.503 e. The van der Waals surface area contributed by atoms with E-state index in [9.17, 15) is 32.7 Å². The van der Waals surface area contributed by atoms with Crippen molar-refractivity contribution < 1.29 is 32.7 Å². The molecular weight excluding hydrogens is 546 g/mol. The fraction of sp³-hybridized carbons (Fsp3) is 0.346. The van der Waals surface area contributed by atoms with Crippen LogP contribution in [0.3, 0.4) is 0 Å². The van der Waals surface area contributed by atoms with E-state index in [2.05, 4.69) is 5.32 Å². The normalized spacial score (nSPS) is 14.6. The van der Waals surface area contributed by atoms with E-state index >= 15 is 0 Å². The van der Waals surface area contributed by atoms with Gasteiger partial charge in [-0.2, -0.15) is 13.2 Å². The van der Waals surface area contributed by atoms with Gasteiger partial charge in [0.1, 0.15) is 0 Å². The van der Waals surface area contributed by atoms with E-state index in [0.29, 0.717) is 22.9 Å². The minimum Gasteiger partial charge on any atom is -0.503 e. The summed E-state index contributed by atoms with van der Waals surface area (Å²) < 4.78 is 38.9. The summed E-state index contributed by atoms with van der Waals surface area (Å²) in [4.78, 5) is 40.1. The number of hydrogen-bond donors (Lipinski definition) is 2. The molecule has 0 radical (unpaired) electrons. The Morgan fingerprint density at radius 2 is 1.87 bits per heavy atom. The van der Waals surface area contributed by atoms with E-state index in [1.807, 2.05) is 6.07 Å². The Balaban J connectivity index is 1.52. The number of aryl methyl sites for hydroxylation is 1. The molecule has 0 aromatic heterocycles. The number of benzene rings is 2. The number of amides is 3. The Morgan fingerprint density at radius 1 is 1.16 bits per heavy atom. The molecule has 38 heavy (non-hydrogen) atoms. The average molecular weight is 572 g/mol. The van der Waals surface area contributed by atoms with Gasteiger partial charge >= 0.3 is 6.18 Å². The van der Waals surface area contributed by atoms with Gasteiger partial charge in [0.2, 0.25) is 0 Å². The van der Waals surface area contributed by atoms with Crippen LogP contribution in [0.1, 0.15) is 34.8 Å². The van der Waals surface area contributed by atoms with Crippen LogP contribution in [-0.2, 0) is 22.2 Å². The summed E-state index contributed by atoms with van der Waals surface area (Å²) in [7, 11) is 1.39. The Hall–Kier alpha value is -3.24. The standard InChI is InChI=1S/C26H26Cl2F3N3O4/c1-15(6-7-16-8-9-20(27)21(28)12-16)32-23(36)19-14-34(25(38)22(19)35)11-10-33(2)24(37)17-4-3-5-18(13-17)26(29,30)31/h3-5,8-9,12-13,15,35H,6-7,10-11,14H2,1-2H3,(H,32,36). The zero-order chi connectivity index (χ0) is 28.2. The van der Waals surface area contributed by atoms with E-state index in [4.69, 9.17) is 23.2 Å². The molecule has 0 fully saturated rings. The van der Waals surface area contributed by atoms with Gasteiger partial charge in [-0.3, -0.25) is 14.4 Å². The minimum absolute atomic E-state index is 0.0247. The van der Waals surface area contributed by atoms with Crippen molar-refractivity contribution in [2.24, 2.45) is 0 Å². The molecule has 0 bridgehead atoms. The summed E-state index contributed by atoms with van der Waals surface area (Å²) >= 11 is 11.9. The molecule has 12 heteroatoms. The lowest BCUT2D eigenvalue weighted by molar-refractivity contribution is -0.137. The molecule has 3 rings (SSSR count). The van der Waals surface area contributed by atoms with Gasteiger partial charge in [-0.1, -0.05) is 35.3 Å². The van der Waals surface area contributed by atoms with Gasteiger partial charge in [-0.15, -0.1) is 0 Å². The maximum atomic E-state index is 13.0. The number of carbonyl (C=O) groups is 3. The lowest BCUT2D eigenvalue weighted by Gasteiger charge is -2.22. The number of carbonyl (C=O) groups excluding carboxylic acids is 3. The van der Waals surface area contributed by atoms with Crippen LogP contribution in [0.15, 0.2) is 53.8 Å². The zero-order valence-electron chi connectivity index (χ0n) is 20.6. The second kappa shape index (κ2) is 12.1. The van der Waals surface area contributed by atoms with Crippen molar-refractivity contribution in [3.63, 3.8) is 0 Å². The quantitative estimate of drug-likeness (QED) is 0.449. The fourth-order valence-corrected chi connectivity index (χ4v) is 4.18. The molecule has 204 valence electrons. The number of hydrogen-bond acceptors (Lipinski definition) is 4. The molecule has 0 aliphatic carbocycles. The Kier molecular flexibility index (Phi) is 9.32. The molecule has 1 atom stereocenters. The Morgan fingerprint density at radius 3 is 2.53 bits per heavy atom. The molecule has 1 aliphatic heterocycles. The maximum absolute atomic E-state index is 13.0. The molecule has 7 nitrogen and oxygen atoms in total. The third-order valence-corrected chi connectivity index (χ3v) is 6.85. The van der Waals surface area contributed by atoms with Crippen LogP contribution in [0.5, 0.6) is 0 Å². The van der Waals surface area contributed by atoms with Gasteiger partial charge in [0, 0.05) is 31.7 Å². The van der Waals surface area contributed by atoms with Crippen LogP contribution in [0.4, 0.5) is 13.2 Å². The summed E-state index contributed by atoms with van der Waals surface area (Å²) in [6.07, 6.45) is -3.41. The summed E-state index contributed by atoms with van der Waals surface area (Å²) in [5, 5.41) is 13.9. The predicted octanol–water partition coefficient (Wildman–Crippen LogP) is 4.88. The van der Waals surface area contributed by atoms with E-state index in [1.54, 1.807) is 19.1 Å². The van der Waals surface area contributed by atoms with E-state index in [0.717, 1.165) is 23.8 Å². The Bertz CT molecular complexity index is 1270. The highest BCUT2D eigenvalue weighted by molar-refractivity contribution is 6.42. The van der Waals surface area contributed by atoms with Crippen LogP contribution in [0, 0.1) is 0 Å². The van der Waals surface area contributed by atoms with Crippen LogP contribution in [0.2, 0.25) is 10.0 Å². The van der Waals surface area contributed by atoms with Crippen LogP contribution in [-0.4, -0.2) is 65.4 Å². The highest BCUT2D eigenvalue weighted by Gasteiger charge is 2.35. The first kappa shape index (κ1) is 29.3. The molecule has 0 saturated carbocycles. The molecule has 3 amide bonds. The number of rotatable bonds is 9. The lowest BCUT2D eigenvalue weighted by Crippen LogP contribution is -2.39. The highest BCUT2D eigenvalue weighted by atomic mass is 35.5. The topological polar surface area (TPSA) is 89.9 Å². The number of halogens is 5. The molecule has 0 spiro atoms. The van der Waals surface area contributed by atoms with Crippen LogP contribution < -0.4 is 5.32 Å². The van der Waals surface area contributed by atoms with Crippen molar-refractivity contribution in [1.29, 1.82) is 0 Å². The molecule has 1 aliphatic rings. The second-order valence-corrected chi connectivity index (χ2v) is 9.84. The summed E-state index contributed by atoms with van der Waals surface area (Å²) in [5.74, 6) is -2.69. The number of aliphatic hydroxyl groups is 1. The molecule has 1 unspecified atom stereocenters. The van der Waals surface area contributed by atoms with E-state index in [-0.39, 0.29) is 36.8 Å². The van der Waals surface area contributed by atoms with Gasteiger partial charge in [0.05, 0.1) is 27.7 Å². The van der Waals surface area contributed by atoms with Gasteiger partial charge in [-0.25, -0.2) is 0 Å². The Labute approximate surface area is 227 Å². The van der Waals surface area contributed by atoms with E-state index < -0.39 is 35.2 Å². The number of aliphatic hydroxyl groups excluding tert-OH is 1. The smallest absolute Gasteiger partial charge is 0.416 e. The van der Waals surface area contributed by atoms with Crippen molar-refractivity contribution in [3.05, 3.63) is 80.5 Å². The number of nitrogens with one attached hydrogen (secondary N) is 1. The molecule has 2 N–H and O–H groups in total. The summed E-state index contributed by atoms with van der Waals surface area (Å²) in [5.41, 5.74) is -0.245. The van der Waals surface area contributed by atoms with Crippen molar-refractivity contribution in [1.82, 2.24) is 15.1 Å². The van der Waals surface area contributed by atoms with Crippen molar-refractivity contribution in [2.45, 2.75) is 32.0 Å². The summed E-state index contributed by atoms with van der Waals surface area (Å²) in [6, 6.07) is 9.04. The average Bonchev–Trinajstić information content (AvgIpc) is 3.15. The van der Waals surface area contributed by atoms with Crippen molar-refractivity contribution >= 4 is 40.9 Å². The van der Waals surface area contributed by atoms with Gasteiger partial charge in [-0.05, 0) is 55.7 Å². The third kappa shape index (κ3) is 7.20. The van der Waals surface area contributed by atoms with Gasteiger partial charge < -0.3 is 20.2 Å².